The fraction of sp³-hybridized carbons (Fsp3) is 0.545. The maximum absolute atomic E-state index is 9.93. The number of aryl methyl sites for hydroxylation is 2. The lowest BCUT2D eigenvalue weighted by atomic mass is 10.0. The Balaban J connectivity index is 2.88. The molecule has 1 rings (SSSR count). The van der Waals surface area contributed by atoms with Gasteiger partial charge in [-0.2, -0.15) is 5.10 Å². The lowest BCUT2D eigenvalue weighted by Gasteiger charge is -2.09. The second-order valence-corrected chi connectivity index (χ2v) is 3.59. The van der Waals surface area contributed by atoms with Crippen molar-refractivity contribution in [1.29, 1.82) is 0 Å². The van der Waals surface area contributed by atoms with Gasteiger partial charge in [0, 0.05) is 18.3 Å². The summed E-state index contributed by atoms with van der Waals surface area (Å²) in [5.41, 5.74) is 2.93. The maximum Gasteiger partial charge on any atom is 0.0828 e. The van der Waals surface area contributed by atoms with Crippen LogP contribution in [0, 0.1) is 13.8 Å². The van der Waals surface area contributed by atoms with Crippen LogP contribution >= 0.6 is 0 Å². The van der Waals surface area contributed by atoms with Crippen LogP contribution in [0.5, 0.6) is 0 Å². The van der Waals surface area contributed by atoms with Crippen molar-refractivity contribution in [3.05, 3.63) is 29.6 Å². The average molecular weight is 194 g/mol. The standard InChI is InChI=1S/C11H18N2O/c1-5-6-7-10(14)11-8(2)12-13(4)9(11)3/h5,10,14H,1,6-7H2,2-4H3. The lowest BCUT2D eigenvalue weighted by molar-refractivity contribution is 0.167. The van der Waals surface area contributed by atoms with Gasteiger partial charge in [0.1, 0.15) is 0 Å². The predicted octanol–water partition coefficient (Wildman–Crippen LogP) is 2.04. The van der Waals surface area contributed by atoms with E-state index >= 15 is 0 Å². The van der Waals surface area contributed by atoms with Gasteiger partial charge < -0.3 is 5.11 Å². The van der Waals surface area contributed by atoms with E-state index in [1.54, 1.807) is 0 Å². The Labute approximate surface area is 85.1 Å². The van der Waals surface area contributed by atoms with Crippen molar-refractivity contribution in [1.82, 2.24) is 9.78 Å². The van der Waals surface area contributed by atoms with E-state index < -0.39 is 6.10 Å². The third-order valence-corrected chi connectivity index (χ3v) is 2.54. The fourth-order valence-corrected chi connectivity index (χ4v) is 1.69. The van der Waals surface area contributed by atoms with Gasteiger partial charge >= 0.3 is 0 Å². The number of aliphatic hydroxyl groups excluding tert-OH is 1. The molecule has 3 nitrogen and oxygen atoms in total. The van der Waals surface area contributed by atoms with Crippen LogP contribution in [0.15, 0.2) is 12.7 Å². The van der Waals surface area contributed by atoms with E-state index in [4.69, 9.17) is 0 Å². The molecule has 1 unspecified atom stereocenters. The van der Waals surface area contributed by atoms with Crippen molar-refractivity contribution in [3.8, 4) is 0 Å². The summed E-state index contributed by atoms with van der Waals surface area (Å²) < 4.78 is 1.81. The third-order valence-electron chi connectivity index (χ3n) is 2.54. The first-order valence-electron chi connectivity index (χ1n) is 4.87. The van der Waals surface area contributed by atoms with Gasteiger partial charge in [-0.25, -0.2) is 0 Å². The van der Waals surface area contributed by atoms with E-state index in [1.165, 1.54) is 0 Å². The monoisotopic (exact) mass is 194 g/mol. The van der Waals surface area contributed by atoms with Gasteiger partial charge in [0.15, 0.2) is 0 Å². The first-order valence-corrected chi connectivity index (χ1v) is 4.87. The summed E-state index contributed by atoms with van der Waals surface area (Å²) in [6, 6.07) is 0. The summed E-state index contributed by atoms with van der Waals surface area (Å²) in [5.74, 6) is 0. The average Bonchev–Trinajstić information content (AvgIpc) is 2.38. The number of aromatic nitrogens is 2. The highest BCUT2D eigenvalue weighted by molar-refractivity contribution is 5.26. The van der Waals surface area contributed by atoms with E-state index in [-0.39, 0.29) is 0 Å². The van der Waals surface area contributed by atoms with Crippen LogP contribution in [-0.4, -0.2) is 14.9 Å². The molecule has 0 aliphatic heterocycles. The van der Waals surface area contributed by atoms with Crippen LogP contribution in [0.2, 0.25) is 0 Å². The second kappa shape index (κ2) is 4.42. The highest BCUT2D eigenvalue weighted by Gasteiger charge is 2.16. The Morgan fingerprint density at radius 1 is 1.57 bits per heavy atom. The molecule has 3 heteroatoms. The van der Waals surface area contributed by atoms with Crippen molar-refractivity contribution >= 4 is 0 Å². The summed E-state index contributed by atoms with van der Waals surface area (Å²) in [4.78, 5) is 0. The van der Waals surface area contributed by atoms with E-state index in [1.807, 2.05) is 31.7 Å². The van der Waals surface area contributed by atoms with Crippen LogP contribution in [0.1, 0.15) is 35.9 Å². The molecule has 0 aromatic carbocycles. The molecule has 0 saturated heterocycles. The molecule has 14 heavy (non-hydrogen) atoms. The Morgan fingerprint density at radius 3 is 2.64 bits per heavy atom. The number of nitrogens with zero attached hydrogens (tertiary/aromatic N) is 2. The Kier molecular flexibility index (Phi) is 3.47. The number of aliphatic hydroxyl groups is 1. The number of hydrogen-bond donors (Lipinski definition) is 1. The molecule has 0 amide bonds. The molecule has 0 bridgehead atoms. The van der Waals surface area contributed by atoms with Crippen LogP contribution < -0.4 is 0 Å². The third kappa shape index (κ3) is 2.04. The van der Waals surface area contributed by atoms with Crippen LogP contribution in [0.3, 0.4) is 0 Å². The van der Waals surface area contributed by atoms with Crippen molar-refractivity contribution < 1.29 is 5.11 Å². The van der Waals surface area contributed by atoms with Gasteiger partial charge in [-0.15, -0.1) is 6.58 Å². The highest BCUT2D eigenvalue weighted by atomic mass is 16.3. The summed E-state index contributed by atoms with van der Waals surface area (Å²) in [6.07, 6.45) is 2.96. The Morgan fingerprint density at radius 2 is 2.21 bits per heavy atom. The smallest absolute Gasteiger partial charge is 0.0828 e. The van der Waals surface area contributed by atoms with Gasteiger partial charge in [-0.3, -0.25) is 4.68 Å². The molecular weight excluding hydrogens is 176 g/mol. The predicted molar refractivity (Wildman–Crippen MR) is 57.1 cm³/mol. The fourth-order valence-electron chi connectivity index (χ4n) is 1.69. The molecule has 1 aromatic heterocycles. The molecule has 0 aliphatic carbocycles. The molecule has 0 spiro atoms. The van der Waals surface area contributed by atoms with Crippen molar-refractivity contribution in [2.24, 2.45) is 7.05 Å². The zero-order chi connectivity index (χ0) is 10.7. The quantitative estimate of drug-likeness (QED) is 0.745. The van der Waals surface area contributed by atoms with Gasteiger partial charge in [-0.1, -0.05) is 6.08 Å². The minimum atomic E-state index is -0.415. The minimum absolute atomic E-state index is 0.415. The maximum atomic E-state index is 9.93. The molecule has 78 valence electrons. The molecule has 0 radical (unpaired) electrons. The van der Waals surface area contributed by atoms with E-state index in [0.29, 0.717) is 0 Å². The van der Waals surface area contributed by atoms with Crippen LogP contribution in [0.25, 0.3) is 0 Å². The number of rotatable bonds is 4. The number of hydrogen-bond acceptors (Lipinski definition) is 2. The number of allylic oxidation sites excluding steroid dienone is 1. The van der Waals surface area contributed by atoms with Gasteiger partial charge in [0.05, 0.1) is 11.8 Å². The zero-order valence-corrected chi connectivity index (χ0v) is 9.12. The minimum Gasteiger partial charge on any atom is -0.388 e. The molecule has 1 atom stereocenters. The summed E-state index contributed by atoms with van der Waals surface area (Å²) in [7, 11) is 1.89. The highest BCUT2D eigenvalue weighted by Crippen LogP contribution is 2.24. The van der Waals surface area contributed by atoms with Gasteiger partial charge in [-0.05, 0) is 26.7 Å². The lowest BCUT2D eigenvalue weighted by Crippen LogP contribution is -2.00. The molecule has 0 aliphatic rings. The van der Waals surface area contributed by atoms with E-state index in [0.717, 1.165) is 29.8 Å². The SMILES string of the molecule is C=CCCC(O)c1c(C)nn(C)c1C. The largest absolute Gasteiger partial charge is 0.388 e. The molecule has 1 heterocycles. The van der Waals surface area contributed by atoms with Crippen molar-refractivity contribution in [2.75, 3.05) is 0 Å². The van der Waals surface area contributed by atoms with E-state index in [9.17, 15) is 5.11 Å². The van der Waals surface area contributed by atoms with Crippen molar-refractivity contribution in [3.63, 3.8) is 0 Å². The topological polar surface area (TPSA) is 38.1 Å². The zero-order valence-electron chi connectivity index (χ0n) is 9.12. The second-order valence-electron chi connectivity index (χ2n) is 3.59. The summed E-state index contributed by atoms with van der Waals surface area (Å²) >= 11 is 0. The van der Waals surface area contributed by atoms with Crippen LogP contribution in [0.4, 0.5) is 0 Å². The summed E-state index contributed by atoms with van der Waals surface area (Å²) in [5, 5.41) is 14.2. The molecule has 1 N–H and O–H groups in total. The molecular formula is C11H18N2O. The summed E-state index contributed by atoms with van der Waals surface area (Å²) in [6.45, 7) is 7.55. The molecule has 0 saturated carbocycles. The molecule has 1 aromatic rings. The van der Waals surface area contributed by atoms with Gasteiger partial charge in [0.2, 0.25) is 0 Å². The van der Waals surface area contributed by atoms with E-state index in [2.05, 4.69) is 11.7 Å². The Hall–Kier alpha value is -1.09. The van der Waals surface area contributed by atoms with Gasteiger partial charge in [0.25, 0.3) is 0 Å². The van der Waals surface area contributed by atoms with Crippen LogP contribution in [-0.2, 0) is 7.05 Å². The first kappa shape index (κ1) is 11.0. The normalized spacial score (nSPS) is 12.9. The first-order chi connectivity index (χ1) is 6.57. The molecule has 0 fully saturated rings. The Bertz CT molecular complexity index is 328. The van der Waals surface area contributed by atoms with Crippen molar-refractivity contribution in [2.45, 2.75) is 32.8 Å².